The molecule has 19 heavy (non-hydrogen) atoms. The van der Waals surface area contributed by atoms with E-state index in [9.17, 15) is 9.59 Å². The van der Waals surface area contributed by atoms with Gasteiger partial charge in [0.25, 0.3) is 0 Å². The molecular formula is C15H16O4. The van der Waals surface area contributed by atoms with Crippen LogP contribution in [0.3, 0.4) is 0 Å². The summed E-state index contributed by atoms with van der Waals surface area (Å²) in [4.78, 5) is 24.1. The van der Waals surface area contributed by atoms with E-state index in [2.05, 4.69) is 13.5 Å². The molecule has 0 unspecified atom stereocenters. The second-order valence-corrected chi connectivity index (χ2v) is 7.18. The average Bonchev–Trinajstić information content (AvgIpc) is 2.74. The lowest BCUT2D eigenvalue weighted by Gasteiger charge is -2.72. The number of esters is 2. The summed E-state index contributed by atoms with van der Waals surface area (Å²) in [6.45, 7) is 6.11. The van der Waals surface area contributed by atoms with Crippen LogP contribution in [0.2, 0.25) is 0 Å². The molecule has 5 fully saturated rings. The number of fused-ring (bicyclic) bond motifs is 3. The molecule has 1 spiro atoms. The summed E-state index contributed by atoms with van der Waals surface area (Å²) in [5.41, 5.74) is 0.405. The molecule has 0 N–H and O–H groups in total. The summed E-state index contributed by atoms with van der Waals surface area (Å²) >= 11 is 0. The molecule has 7 atom stereocenters. The summed E-state index contributed by atoms with van der Waals surface area (Å²) in [6.07, 6.45) is 2.64. The molecular weight excluding hydrogens is 244 g/mol. The van der Waals surface area contributed by atoms with Crippen LogP contribution in [0.4, 0.5) is 0 Å². The van der Waals surface area contributed by atoms with Crippen molar-refractivity contribution in [3.05, 3.63) is 12.2 Å². The first-order valence-corrected chi connectivity index (χ1v) is 7.11. The summed E-state index contributed by atoms with van der Waals surface area (Å²) in [5.74, 6) is 0.290. The molecule has 2 aliphatic heterocycles. The molecule has 100 valence electrons. The Bertz CT molecular complexity index is 566. The predicted molar refractivity (Wildman–Crippen MR) is 63.8 cm³/mol. The molecule has 4 heteroatoms. The first-order chi connectivity index (χ1) is 9.00. The van der Waals surface area contributed by atoms with Crippen LogP contribution in [-0.4, -0.2) is 24.1 Å². The van der Waals surface area contributed by atoms with E-state index in [0.717, 1.165) is 19.3 Å². The SMILES string of the molecule is C=C1C(=O)O[C@H]2C[C@@]3(C)[C@@H]4CC[C@@]45C(=O)O[C@@H]([C@H]12)[C@@H]35. The highest BCUT2D eigenvalue weighted by Gasteiger charge is 2.85. The maximum Gasteiger partial charge on any atom is 0.334 e. The third-order valence-corrected chi connectivity index (χ3v) is 6.80. The van der Waals surface area contributed by atoms with E-state index >= 15 is 0 Å². The third-order valence-electron chi connectivity index (χ3n) is 6.80. The van der Waals surface area contributed by atoms with Gasteiger partial charge >= 0.3 is 11.9 Å². The van der Waals surface area contributed by atoms with E-state index in [-0.39, 0.29) is 46.8 Å². The maximum absolute atomic E-state index is 12.3. The van der Waals surface area contributed by atoms with Gasteiger partial charge in [0.05, 0.1) is 11.3 Å². The summed E-state index contributed by atoms with van der Waals surface area (Å²) in [5, 5.41) is 0. The smallest absolute Gasteiger partial charge is 0.334 e. The molecule has 0 bridgehead atoms. The van der Waals surface area contributed by atoms with Gasteiger partial charge in [-0.05, 0) is 30.6 Å². The topological polar surface area (TPSA) is 52.6 Å². The Morgan fingerprint density at radius 3 is 2.79 bits per heavy atom. The molecule has 0 aromatic carbocycles. The van der Waals surface area contributed by atoms with Crippen molar-refractivity contribution in [2.24, 2.45) is 28.6 Å². The molecule has 2 heterocycles. The van der Waals surface area contributed by atoms with Gasteiger partial charge in [0.2, 0.25) is 0 Å². The summed E-state index contributed by atoms with van der Waals surface area (Å²) < 4.78 is 11.2. The Balaban J connectivity index is 1.66. The van der Waals surface area contributed by atoms with Crippen LogP contribution >= 0.6 is 0 Å². The fraction of sp³-hybridized carbons (Fsp3) is 0.733. The van der Waals surface area contributed by atoms with E-state index < -0.39 is 0 Å². The fourth-order valence-electron chi connectivity index (χ4n) is 6.15. The molecule has 0 radical (unpaired) electrons. The van der Waals surface area contributed by atoms with Crippen molar-refractivity contribution < 1.29 is 19.1 Å². The monoisotopic (exact) mass is 260 g/mol. The first kappa shape index (κ1) is 10.5. The largest absolute Gasteiger partial charge is 0.461 e. The molecule has 4 nitrogen and oxygen atoms in total. The van der Waals surface area contributed by atoms with Crippen LogP contribution in [0.5, 0.6) is 0 Å². The zero-order valence-electron chi connectivity index (χ0n) is 10.8. The summed E-state index contributed by atoms with van der Waals surface area (Å²) in [6, 6.07) is 0. The Morgan fingerprint density at radius 1 is 1.32 bits per heavy atom. The number of carbonyl (C=O) groups excluding carboxylic acids is 2. The van der Waals surface area contributed by atoms with Gasteiger partial charge in [-0.15, -0.1) is 0 Å². The molecule has 3 aliphatic carbocycles. The van der Waals surface area contributed by atoms with Gasteiger partial charge in [0.1, 0.15) is 12.2 Å². The van der Waals surface area contributed by atoms with Gasteiger partial charge in [0, 0.05) is 11.5 Å². The first-order valence-electron chi connectivity index (χ1n) is 7.11. The van der Waals surface area contributed by atoms with Gasteiger partial charge in [-0.3, -0.25) is 4.79 Å². The molecule has 5 aliphatic rings. The zero-order valence-corrected chi connectivity index (χ0v) is 10.8. The number of hydrogen-bond donors (Lipinski definition) is 0. The second kappa shape index (κ2) is 2.60. The van der Waals surface area contributed by atoms with Crippen LogP contribution in [0, 0.1) is 28.6 Å². The van der Waals surface area contributed by atoms with E-state index in [0.29, 0.717) is 11.5 Å². The van der Waals surface area contributed by atoms with Gasteiger partial charge in [-0.1, -0.05) is 13.5 Å². The van der Waals surface area contributed by atoms with Crippen molar-refractivity contribution in [2.75, 3.05) is 0 Å². The molecule has 0 aromatic heterocycles. The van der Waals surface area contributed by atoms with Gasteiger partial charge in [0.15, 0.2) is 0 Å². The minimum Gasteiger partial charge on any atom is -0.461 e. The van der Waals surface area contributed by atoms with Gasteiger partial charge < -0.3 is 9.47 Å². The molecule has 0 amide bonds. The highest BCUT2D eigenvalue weighted by Crippen LogP contribution is 2.81. The minimum atomic E-state index is -0.302. The molecule has 2 saturated heterocycles. The highest BCUT2D eigenvalue weighted by molar-refractivity contribution is 5.92. The summed E-state index contributed by atoms with van der Waals surface area (Å²) in [7, 11) is 0. The number of hydrogen-bond acceptors (Lipinski definition) is 4. The van der Waals surface area contributed by atoms with Crippen LogP contribution < -0.4 is 0 Å². The zero-order chi connectivity index (χ0) is 13.2. The predicted octanol–water partition coefficient (Wildman–Crippen LogP) is 1.45. The van der Waals surface area contributed by atoms with Crippen molar-refractivity contribution in [3.63, 3.8) is 0 Å². The second-order valence-electron chi connectivity index (χ2n) is 7.18. The van der Waals surface area contributed by atoms with Crippen molar-refractivity contribution in [2.45, 2.75) is 38.4 Å². The van der Waals surface area contributed by atoms with Crippen molar-refractivity contribution in [1.29, 1.82) is 0 Å². The van der Waals surface area contributed by atoms with Crippen LogP contribution in [-0.2, 0) is 19.1 Å². The standard InChI is InChI=1S/C15H16O4/c1-6-9-7(18-12(6)16)5-14(2)8-3-4-15(8)11(14)10(9)19-13(15)17/h7-11H,1,3-5H2,2H3/t7-,8-,9+,10-,11-,14-,15+/m0/s1. The van der Waals surface area contributed by atoms with E-state index in [1.54, 1.807) is 0 Å². The van der Waals surface area contributed by atoms with Crippen LogP contribution in [0.15, 0.2) is 12.2 Å². The lowest BCUT2D eigenvalue weighted by molar-refractivity contribution is -0.265. The van der Waals surface area contributed by atoms with E-state index in [4.69, 9.17) is 9.47 Å². The van der Waals surface area contributed by atoms with Gasteiger partial charge in [-0.25, -0.2) is 4.79 Å². The maximum atomic E-state index is 12.3. The number of carbonyl (C=O) groups is 2. The number of ether oxygens (including phenoxy) is 2. The van der Waals surface area contributed by atoms with Crippen LogP contribution in [0.1, 0.15) is 26.2 Å². The Labute approximate surface area is 111 Å². The third kappa shape index (κ3) is 0.785. The molecule has 0 aromatic rings. The minimum absolute atomic E-state index is 0.0241. The Morgan fingerprint density at radius 2 is 2.11 bits per heavy atom. The van der Waals surface area contributed by atoms with E-state index in [1.807, 2.05) is 0 Å². The lowest BCUT2D eigenvalue weighted by Crippen LogP contribution is -2.73. The average molecular weight is 260 g/mol. The lowest BCUT2D eigenvalue weighted by atomic mass is 9.28. The fourth-order valence-corrected chi connectivity index (χ4v) is 6.15. The normalized spacial score (nSPS) is 60.3. The van der Waals surface area contributed by atoms with Crippen LogP contribution in [0.25, 0.3) is 0 Å². The van der Waals surface area contributed by atoms with Gasteiger partial charge in [-0.2, -0.15) is 0 Å². The van der Waals surface area contributed by atoms with E-state index in [1.165, 1.54) is 0 Å². The van der Waals surface area contributed by atoms with Crippen molar-refractivity contribution >= 4 is 11.9 Å². The number of rotatable bonds is 0. The van der Waals surface area contributed by atoms with Crippen molar-refractivity contribution in [3.8, 4) is 0 Å². The Hall–Kier alpha value is -1.32. The highest BCUT2D eigenvalue weighted by atomic mass is 16.6. The molecule has 3 saturated carbocycles. The van der Waals surface area contributed by atoms with Crippen molar-refractivity contribution in [1.82, 2.24) is 0 Å². The molecule has 5 rings (SSSR count). The Kier molecular flexibility index (Phi) is 1.43. The quantitative estimate of drug-likeness (QED) is 0.488.